The topological polar surface area (TPSA) is 26.3 Å². The van der Waals surface area contributed by atoms with Crippen LogP contribution in [0.5, 0.6) is 5.75 Å². The zero-order valence-corrected chi connectivity index (χ0v) is 5.99. The van der Waals surface area contributed by atoms with E-state index in [2.05, 4.69) is 0 Å². The van der Waals surface area contributed by atoms with E-state index in [0.717, 1.165) is 24.0 Å². The fourth-order valence-corrected chi connectivity index (χ4v) is 1.28. The van der Waals surface area contributed by atoms with Crippen LogP contribution in [0.25, 0.3) is 0 Å². The molecule has 1 atom stereocenters. The molecule has 0 unspecified atom stereocenters. The second kappa shape index (κ2) is 2.38. The Morgan fingerprint density at radius 1 is 1.45 bits per heavy atom. The highest BCUT2D eigenvalue weighted by atomic mass is 16.5. The van der Waals surface area contributed by atoms with Gasteiger partial charge in [0.15, 0.2) is 12.4 Å². The molecule has 2 heteroatoms. The van der Waals surface area contributed by atoms with E-state index in [0.29, 0.717) is 0 Å². The van der Waals surface area contributed by atoms with Gasteiger partial charge >= 0.3 is 0 Å². The SMILES string of the molecule is O=C[C@@H]1Cc2ccccc2O1. The quantitative estimate of drug-likeness (QED) is 0.559. The van der Waals surface area contributed by atoms with Crippen LogP contribution < -0.4 is 4.74 Å². The van der Waals surface area contributed by atoms with Crippen molar-refractivity contribution >= 4 is 6.29 Å². The Hall–Kier alpha value is -1.31. The van der Waals surface area contributed by atoms with Crippen molar-refractivity contribution in [3.63, 3.8) is 0 Å². The summed E-state index contributed by atoms with van der Waals surface area (Å²) in [7, 11) is 0. The Balaban J connectivity index is 2.33. The predicted octanol–water partition coefficient (Wildman–Crippen LogP) is 1.19. The third-order valence-electron chi connectivity index (χ3n) is 1.82. The van der Waals surface area contributed by atoms with Gasteiger partial charge in [0, 0.05) is 6.42 Å². The highest BCUT2D eigenvalue weighted by molar-refractivity contribution is 5.60. The first-order valence-electron chi connectivity index (χ1n) is 3.60. The zero-order valence-electron chi connectivity index (χ0n) is 5.99. The van der Waals surface area contributed by atoms with Crippen LogP contribution in [0, 0.1) is 0 Å². The minimum absolute atomic E-state index is 0.257. The van der Waals surface area contributed by atoms with Gasteiger partial charge < -0.3 is 4.74 Å². The van der Waals surface area contributed by atoms with Crippen molar-refractivity contribution < 1.29 is 9.53 Å². The number of benzene rings is 1. The van der Waals surface area contributed by atoms with Gasteiger partial charge in [-0.05, 0) is 11.6 Å². The molecule has 0 fully saturated rings. The van der Waals surface area contributed by atoms with Gasteiger partial charge in [-0.25, -0.2) is 0 Å². The van der Waals surface area contributed by atoms with E-state index < -0.39 is 0 Å². The summed E-state index contributed by atoms with van der Waals surface area (Å²) >= 11 is 0. The fraction of sp³-hybridized carbons (Fsp3) is 0.222. The summed E-state index contributed by atoms with van der Waals surface area (Å²) in [5, 5.41) is 0. The number of para-hydroxylation sites is 1. The Labute approximate surface area is 64.8 Å². The van der Waals surface area contributed by atoms with E-state index in [1.54, 1.807) is 0 Å². The van der Waals surface area contributed by atoms with Crippen LogP contribution >= 0.6 is 0 Å². The maximum absolute atomic E-state index is 10.4. The van der Waals surface area contributed by atoms with Crippen LogP contribution in [-0.4, -0.2) is 12.4 Å². The first kappa shape index (κ1) is 6.40. The molecule has 0 bridgehead atoms. The first-order chi connectivity index (χ1) is 5.40. The number of fused-ring (bicyclic) bond motifs is 1. The average Bonchev–Trinajstić information content (AvgIpc) is 2.46. The molecule has 2 rings (SSSR count). The smallest absolute Gasteiger partial charge is 0.160 e. The average molecular weight is 148 g/mol. The number of carbonyl (C=O) groups is 1. The maximum Gasteiger partial charge on any atom is 0.160 e. The standard InChI is InChI=1S/C9H8O2/c10-6-8-5-7-3-1-2-4-9(7)11-8/h1-4,6,8H,5H2/t8-/m0/s1. The van der Waals surface area contributed by atoms with Crippen LogP contribution in [0.1, 0.15) is 5.56 Å². The van der Waals surface area contributed by atoms with Gasteiger partial charge in [0.05, 0.1) is 0 Å². The molecule has 1 aromatic rings. The number of hydrogen-bond acceptors (Lipinski definition) is 2. The van der Waals surface area contributed by atoms with Crippen LogP contribution in [0.3, 0.4) is 0 Å². The number of carbonyl (C=O) groups excluding carboxylic acids is 1. The number of rotatable bonds is 1. The van der Waals surface area contributed by atoms with E-state index in [-0.39, 0.29) is 6.10 Å². The third-order valence-corrected chi connectivity index (χ3v) is 1.82. The summed E-state index contributed by atoms with van der Waals surface area (Å²) in [6, 6.07) is 7.74. The molecular formula is C9H8O2. The Kier molecular flexibility index (Phi) is 1.39. The molecular weight excluding hydrogens is 140 g/mol. The van der Waals surface area contributed by atoms with Gasteiger partial charge in [-0.2, -0.15) is 0 Å². The molecule has 1 aromatic carbocycles. The summed E-state index contributed by atoms with van der Waals surface area (Å²) in [4.78, 5) is 10.4. The largest absolute Gasteiger partial charge is 0.482 e. The van der Waals surface area contributed by atoms with Crippen molar-refractivity contribution in [1.82, 2.24) is 0 Å². The molecule has 0 aromatic heterocycles. The Bertz CT molecular complexity index is 256. The molecule has 1 heterocycles. The van der Waals surface area contributed by atoms with E-state index in [1.807, 2.05) is 24.3 Å². The molecule has 1 aliphatic rings. The zero-order chi connectivity index (χ0) is 7.68. The normalized spacial score (nSPS) is 20.5. The fourth-order valence-electron chi connectivity index (χ4n) is 1.28. The monoisotopic (exact) mass is 148 g/mol. The number of hydrogen-bond donors (Lipinski definition) is 0. The van der Waals surface area contributed by atoms with Crippen molar-refractivity contribution in [1.29, 1.82) is 0 Å². The summed E-state index contributed by atoms with van der Waals surface area (Å²) < 4.78 is 5.29. The second-order valence-electron chi connectivity index (χ2n) is 2.60. The summed E-state index contributed by atoms with van der Waals surface area (Å²) in [6.07, 6.45) is 1.31. The van der Waals surface area contributed by atoms with Crippen molar-refractivity contribution in [3.05, 3.63) is 29.8 Å². The molecule has 0 saturated heterocycles. The van der Waals surface area contributed by atoms with Crippen LogP contribution in [0.15, 0.2) is 24.3 Å². The maximum atomic E-state index is 10.4. The lowest BCUT2D eigenvalue weighted by molar-refractivity contribution is -0.113. The van der Waals surface area contributed by atoms with Crippen LogP contribution in [-0.2, 0) is 11.2 Å². The van der Waals surface area contributed by atoms with Crippen molar-refractivity contribution in [2.24, 2.45) is 0 Å². The minimum Gasteiger partial charge on any atom is -0.482 e. The minimum atomic E-state index is -0.257. The molecule has 2 nitrogen and oxygen atoms in total. The molecule has 0 spiro atoms. The molecule has 0 N–H and O–H groups in total. The van der Waals surface area contributed by atoms with Gasteiger partial charge in [-0.15, -0.1) is 0 Å². The molecule has 1 aliphatic heterocycles. The van der Waals surface area contributed by atoms with Gasteiger partial charge in [0.1, 0.15) is 5.75 Å². The lowest BCUT2D eigenvalue weighted by Gasteiger charge is -1.99. The molecule has 0 saturated carbocycles. The van der Waals surface area contributed by atoms with Crippen molar-refractivity contribution in [3.8, 4) is 5.75 Å². The molecule has 11 heavy (non-hydrogen) atoms. The van der Waals surface area contributed by atoms with Crippen molar-refractivity contribution in [2.75, 3.05) is 0 Å². The van der Waals surface area contributed by atoms with Gasteiger partial charge in [0.2, 0.25) is 0 Å². The summed E-state index contributed by atoms with van der Waals surface area (Å²) in [6.45, 7) is 0. The van der Waals surface area contributed by atoms with E-state index in [9.17, 15) is 4.79 Å². The molecule has 0 radical (unpaired) electrons. The van der Waals surface area contributed by atoms with Crippen molar-refractivity contribution in [2.45, 2.75) is 12.5 Å². The van der Waals surface area contributed by atoms with Gasteiger partial charge in [-0.1, -0.05) is 18.2 Å². The Morgan fingerprint density at radius 2 is 2.27 bits per heavy atom. The van der Waals surface area contributed by atoms with Gasteiger partial charge in [-0.3, -0.25) is 4.79 Å². The predicted molar refractivity (Wildman–Crippen MR) is 40.6 cm³/mol. The molecule has 56 valence electrons. The van der Waals surface area contributed by atoms with E-state index in [1.165, 1.54) is 0 Å². The lowest BCUT2D eigenvalue weighted by atomic mass is 10.1. The summed E-state index contributed by atoms with van der Waals surface area (Å²) in [5.41, 5.74) is 1.13. The van der Waals surface area contributed by atoms with E-state index in [4.69, 9.17) is 4.74 Å². The van der Waals surface area contributed by atoms with Gasteiger partial charge in [0.25, 0.3) is 0 Å². The first-order valence-corrected chi connectivity index (χ1v) is 3.60. The molecule has 0 aliphatic carbocycles. The van der Waals surface area contributed by atoms with Crippen LogP contribution in [0.4, 0.5) is 0 Å². The number of aldehydes is 1. The lowest BCUT2D eigenvalue weighted by Crippen LogP contribution is -2.13. The number of ether oxygens (including phenoxy) is 1. The molecule has 0 amide bonds. The third kappa shape index (κ3) is 1.00. The second-order valence-corrected chi connectivity index (χ2v) is 2.60. The Morgan fingerprint density at radius 3 is 3.00 bits per heavy atom. The van der Waals surface area contributed by atoms with Crippen LogP contribution in [0.2, 0.25) is 0 Å². The highest BCUT2D eigenvalue weighted by Crippen LogP contribution is 2.26. The summed E-state index contributed by atoms with van der Waals surface area (Å²) in [5.74, 6) is 0.851. The van der Waals surface area contributed by atoms with E-state index >= 15 is 0 Å². The highest BCUT2D eigenvalue weighted by Gasteiger charge is 2.20.